The van der Waals surface area contributed by atoms with Gasteiger partial charge in [-0.2, -0.15) is 0 Å². The van der Waals surface area contributed by atoms with Crippen molar-refractivity contribution < 1.29 is 14.6 Å². The normalized spacial score (nSPS) is 10.6. The largest absolute Gasteiger partial charge is 0.508 e. The number of carbonyl (C=O) groups is 1. The molecule has 1 aromatic heterocycles. The fraction of sp³-hybridized carbons (Fsp3) is 0.211. The van der Waals surface area contributed by atoms with Gasteiger partial charge in [0.15, 0.2) is 5.69 Å². The highest BCUT2D eigenvalue weighted by molar-refractivity contribution is 5.93. The third-order valence-corrected chi connectivity index (χ3v) is 4.14. The second-order valence-corrected chi connectivity index (χ2v) is 5.93. The van der Waals surface area contributed by atoms with Gasteiger partial charge in [-0.05, 0) is 25.1 Å². The molecule has 7 nitrogen and oxygen atoms in total. The number of benzene rings is 2. The van der Waals surface area contributed by atoms with E-state index in [2.05, 4.69) is 10.3 Å². The Kier molecular flexibility index (Phi) is 4.88. The maximum Gasteiger partial charge on any atom is 0.276 e. The summed E-state index contributed by atoms with van der Waals surface area (Å²) in [5.41, 5.74) is 2.33. The predicted molar refractivity (Wildman–Crippen MR) is 96.6 cm³/mol. The quantitative estimate of drug-likeness (QED) is 0.763. The van der Waals surface area contributed by atoms with Crippen LogP contribution in [0.25, 0.3) is 5.69 Å². The molecule has 1 amide bonds. The van der Waals surface area contributed by atoms with Crippen LogP contribution in [0.5, 0.6) is 11.5 Å². The molecule has 0 fully saturated rings. The van der Waals surface area contributed by atoms with Crippen LogP contribution >= 0.6 is 0 Å². The van der Waals surface area contributed by atoms with E-state index in [-0.39, 0.29) is 23.9 Å². The Labute approximate surface area is 151 Å². The zero-order valence-corrected chi connectivity index (χ0v) is 14.9. The van der Waals surface area contributed by atoms with Crippen LogP contribution in [0, 0.1) is 6.92 Å². The van der Waals surface area contributed by atoms with Gasteiger partial charge in [0.2, 0.25) is 0 Å². The van der Waals surface area contributed by atoms with E-state index in [1.54, 1.807) is 44.0 Å². The smallest absolute Gasteiger partial charge is 0.276 e. The van der Waals surface area contributed by atoms with Gasteiger partial charge in [0.25, 0.3) is 5.91 Å². The highest BCUT2D eigenvalue weighted by atomic mass is 16.5. The molecule has 0 bridgehead atoms. The number of amides is 1. The maximum absolute atomic E-state index is 12.8. The summed E-state index contributed by atoms with van der Waals surface area (Å²) in [6.07, 6.45) is 0. The number of phenols is 1. The first kappa shape index (κ1) is 17.5. The number of aromatic nitrogens is 3. The highest BCUT2D eigenvalue weighted by Gasteiger charge is 2.21. The second kappa shape index (κ2) is 7.26. The van der Waals surface area contributed by atoms with Crippen molar-refractivity contribution in [2.75, 3.05) is 14.2 Å². The zero-order chi connectivity index (χ0) is 18.7. The maximum atomic E-state index is 12.8. The molecule has 0 radical (unpaired) electrons. The van der Waals surface area contributed by atoms with Crippen LogP contribution in [0.2, 0.25) is 0 Å². The molecule has 7 heteroatoms. The Bertz CT molecular complexity index is 936. The van der Waals surface area contributed by atoms with Gasteiger partial charge in [-0.1, -0.05) is 29.5 Å². The number of phenolic OH excluding ortho intramolecular Hbond substituents is 1. The van der Waals surface area contributed by atoms with E-state index in [4.69, 9.17) is 4.74 Å². The summed E-state index contributed by atoms with van der Waals surface area (Å²) in [6.45, 7) is 2.07. The van der Waals surface area contributed by atoms with Crippen LogP contribution in [0.15, 0.2) is 48.5 Å². The van der Waals surface area contributed by atoms with Gasteiger partial charge in [-0.3, -0.25) is 4.79 Å². The average molecular weight is 352 g/mol. The van der Waals surface area contributed by atoms with Crippen molar-refractivity contribution >= 4 is 5.91 Å². The molecule has 134 valence electrons. The average Bonchev–Trinajstić information content (AvgIpc) is 3.04. The fourth-order valence-corrected chi connectivity index (χ4v) is 2.67. The highest BCUT2D eigenvalue weighted by Crippen LogP contribution is 2.20. The first-order valence-electron chi connectivity index (χ1n) is 8.10. The van der Waals surface area contributed by atoms with Gasteiger partial charge in [0.1, 0.15) is 11.5 Å². The summed E-state index contributed by atoms with van der Waals surface area (Å²) in [7, 11) is 3.26. The monoisotopic (exact) mass is 352 g/mol. The van der Waals surface area contributed by atoms with Crippen molar-refractivity contribution in [1.82, 2.24) is 19.9 Å². The Balaban J connectivity index is 1.84. The van der Waals surface area contributed by atoms with Gasteiger partial charge in [0, 0.05) is 25.2 Å². The van der Waals surface area contributed by atoms with Crippen LogP contribution in [0.4, 0.5) is 0 Å². The molecule has 0 saturated heterocycles. The number of methoxy groups -OCH3 is 1. The standard InChI is InChI=1S/C19H20N4O3/c1-13-18(19(25)22(2)12-14-7-4-5-10-17(14)24)20-21-23(13)15-8-6-9-16(11-15)26-3/h4-11,24H,12H2,1-3H3. The van der Waals surface area contributed by atoms with Crippen LogP contribution in [-0.2, 0) is 6.54 Å². The number of hydrogen-bond acceptors (Lipinski definition) is 5. The summed E-state index contributed by atoms with van der Waals surface area (Å²) in [5.74, 6) is 0.589. The molecular weight excluding hydrogens is 332 g/mol. The molecule has 0 aliphatic heterocycles. The van der Waals surface area contributed by atoms with Crippen molar-refractivity contribution in [2.24, 2.45) is 0 Å². The molecule has 0 aliphatic rings. The van der Waals surface area contributed by atoms with E-state index < -0.39 is 0 Å². The van der Waals surface area contributed by atoms with Gasteiger partial charge < -0.3 is 14.7 Å². The number of carbonyl (C=O) groups excluding carboxylic acids is 1. The predicted octanol–water partition coefficient (Wildman–Crippen LogP) is 2.56. The molecule has 1 N–H and O–H groups in total. The van der Waals surface area contributed by atoms with Crippen LogP contribution < -0.4 is 4.74 Å². The molecule has 2 aromatic carbocycles. The minimum absolute atomic E-state index is 0.156. The Morgan fingerprint density at radius 3 is 2.73 bits per heavy atom. The van der Waals surface area contributed by atoms with E-state index in [1.807, 2.05) is 30.3 Å². The first-order valence-corrected chi connectivity index (χ1v) is 8.10. The van der Waals surface area contributed by atoms with E-state index in [0.29, 0.717) is 17.0 Å². The molecule has 0 saturated carbocycles. The van der Waals surface area contributed by atoms with Crippen molar-refractivity contribution in [3.8, 4) is 17.2 Å². The minimum Gasteiger partial charge on any atom is -0.508 e. The molecule has 3 rings (SSSR count). The van der Waals surface area contributed by atoms with Crippen LogP contribution in [0.3, 0.4) is 0 Å². The SMILES string of the molecule is COc1cccc(-n2nnc(C(=O)N(C)Cc3ccccc3O)c2C)c1. The fourth-order valence-electron chi connectivity index (χ4n) is 2.67. The van der Waals surface area contributed by atoms with E-state index >= 15 is 0 Å². The van der Waals surface area contributed by atoms with Crippen molar-refractivity contribution in [2.45, 2.75) is 13.5 Å². The number of ether oxygens (including phenoxy) is 1. The van der Waals surface area contributed by atoms with E-state index in [0.717, 1.165) is 5.69 Å². The first-order chi connectivity index (χ1) is 12.5. The molecule has 0 aliphatic carbocycles. The molecule has 26 heavy (non-hydrogen) atoms. The number of para-hydroxylation sites is 1. The van der Waals surface area contributed by atoms with Crippen molar-refractivity contribution in [1.29, 1.82) is 0 Å². The summed E-state index contributed by atoms with van der Waals surface area (Å²) >= 11 is 0. The lowest BCUT2D eigenvalue weighted by Gasteiger charge is -2.17. The number of aromatic hydroxyl groups is 1. The van der Waals surface area contributed by atoms with E-state index in [1.165, 1.54) is 4.90 Å². The summed E-state index contributed by atoms with van der Waals surface area (Å²) in [5, 5.41) is 18.0. The van der Waals surface area contributed by atoms with Gasteiger partial charge in [-0.25, -0.2) is 4.68 Å². The topological polar surface area (TPSA) is 80.5 Å². The van der Waals surface area contributed by atoms with Crippen LogP contribution in [-0.4, -0.2) is 45.1 Å². The third-order valence-electron chi connectivity index (χ3n) is 4.14. The molecule has 0 unspecified atom stereocenters. The Morgan fingerprint density at radius 2 is 2.00 bits per heavy atom. The van der Waals surface area contributed by atoms with E-state index in [9.17, 15) is 9.90 Å². The van der Waals surface area contributed by atoms with Gasteiger partial charge >= 0.3 is 0 Å². The summed E-state index contributed by atoms with van der Waals surface area (Å²) in [4.78, 5) is 14.3. The molecular formula is C19H20N4O3. The molecule has 0 spiro atoms. The van der Waals surface area contributed by atoms with Gasteiger partial charge in [-0.15, -0.1) is 5.10 Å². The zero-order valence-electron chi connectivity index (χ0n) is 14.9. The Morgan fingerprint density at radius 1 is 1.23 bits per heavy atom. The van der Waals surface area contributed by atoms with Crippen molar-refractivity contribution in [3.05, 3.63) is 65.5 Å². The van der Waals surface area contributed by atoms with Crippen molar-refractivity contribution in [3.63, 3.8) is 0 Å². The number of nitrogens with zero attached hydrogens (tertiary/aromatic N) is 4. The second-order valence-electron chi connectivity index (χ2n) is 5.93. The lowest BCUT2D eigenvalue weighted by atomic mass is 10.2. The Hall–Kier alpha value is -3.35. The molecule has 3 aromatic rings. The van der Waals surface area contributed by atoms with Gasteiger partial charge in [0.05, 0.1) is 18.5 Å². The molecule has 0 atom stereocenters. The van der Waals surface area contributed by atoms with Crippen LogP contribution in [0.1, 0.15) is 21.7 Å². The lowest BCUT2D eigenvalue weighted by Crippen LogP contribution is -2.27. The number of rotatable bonds is 5. The summed E-state index contributed by atoms with van der Waals surface area (Å²) in [6, 6.07) is 14.3. The lowest BCUT2D eigenvalue weighted by molar-refractivity contribution is 0.0777. The minimum atomic E-state index is -0.264. The third kappa shape index (κ3) is 3.37. The summed E-state index contributed by atoms with van der Waals surface area (Å²) < 4.78 is 6.83. The number of hydrogen-bond donors (Lipinski definition) is 1. The molecule has 1 heterocycles.